The van der Waals surface area contributed by atoms with Gasteiger partial charge in [0.15, 0.2) is 6.10 Å². The van der Waals surface area contributed by atoms with Crippen LogP contribution in [0.25, 0.3) is 10.9 Å². The van der Waals surface area contributed by atoms with Crippen LogP contribution in [0.4, 0.5) is 23.7 Å². The summed E-state index contributed by atoms with van der Waals surface area (Å²) in [6, 6.07) is 5.90. The van der Waals surface area contributed by atoms with Gasteiger partial charge < -0.3 is 14.4 Å². The fourth-order valence-corrected chi connectivity index (χ4v) is 3.90. The number of amides is 1. The number of hydrogen-bond acceptors (Lipinski definition) is 7. The van der Waals surface area contributed by atoms with E-state index < -0.39 is 42.4 Å². The summed E-state index contributed by atoms with van der Waals surface area (Å²) in [6.07, 6.45) is -6.56. The van der Waals surface area contributed by atoms with Crippen molar-refractivity contribution in [2.75, 3.05) is 6.54 Å². The van der Waals surface area contributed by atoms with Gasteiger partial charge >= 0.3 is 12.3 Å². The zero-order valence-electron chi connectivity index (χ0n) is 17.0. The number of rotatable bonds is 4. The van der Waals surface area contributed by atoms with E-state index in [9.17, 15) is 32.9 Å². The zero-order valence-corrected chi connectivity index (χ0v) is 17.7. The molecule has 0 aliphatic carbocycles. The van der Waals surface area contributed by atoms with Gasteiger partial charge in [0.2, 0.25) is 0 Å². The first kappa shape index (κ1) is 23.3. The Balaban J connectivity index is 1.61. The molecular formula is C20H14ClF3N4O6. The largest absolute Gasteiger partial charge is 0.514 e. The van der Waals surface area contributed by atoms with Crippen molar-refractivity contribution >= 4 is 40.3 Å². The number of aromatic amines is 1. The predicted octanol–water partition coefficient (Wildman–Crippen LogP) is 4.16. The average molecular weight is 499 g/mol. The van der Waals surface area contributed by atoms with Gasteiger partial charge in [-0.3, -0.25) is 20.0 Å². The average Bonchev–Trinajstić information content (AvgIpc) is 3.20. The third-order valence-corrected chi connectivity index (χ3v) is 5.39. The van der Waals surface area contributed by atoms with Crippen molar-refractivity contribution in [3.05, 3.63) is 62.8 Å². The highest BCUT2D eigenvalue weighted by Crippen LogP contribution is 2.33. The number of benzene rings is 2. The van der Waals surface area contributed by atoms with Crippen LogP contribution in [0.5, 0.6) is 5.75 Å². The van der Waals surface area contributed by atoms with Gasteiger partial charge in [0.1, 0.15) is 12.3 Å². The number of carbonyl (C=O) groups excluding carboxylic acids is 2. The maximum Gasteiger partial charge on any atom is 0.514 e. The van der Waals surface area contributed by atoms with Gasteiger partial charge in [-0.15, -0.1) is 0 Å². The van der Waals surface area contributed by atoms with Crippen molar-refractivity contribution in [1.29, 1.82) is 0 Å². The summed E-state index contributed by atoms with van der Waals surface area (Å²) >= 11 is 6.23. The number of aromatic nitrogens is 2. The summed E-state index contributed by atoms with van der Waals surface area (Å²) in [4.78, 5) is 35.8. The first-order chi connectivity index (χ1) is 16.0. The summed E-state index contributed by atoms with van der Waals surface area (Å²) in [5.41, 5.74) is 0.948. The van der Waals surface area contributed by atoms with E-state index in [0.717, 1.165) is 24.3 Å². The Morgan fingerprint density at radius 1 is 1.32 bits per heavy atom. The lowest BCUT2D eigenvalue weighted by molar-refractivity contribution is -0.384. The van der Waals surface area contributed by atoms with Crippen molar-refractivity contribution in [1.82, 2.24) is 15.1 Å². The molecule has 1 aliphatic rings. The highest BCUT2D eigenvalue weighted by Gasteiger charge is 2.40. The summed E-state index contributed by atoms with van der Waals surface area (Å²) in [5.74, 6) is -1.19. The second-order valence-electron chi connectivity index (χ2n) is 7.38. The molecule has 0 fully saturated rings. The van der Waals surface area contributed by atoms with Crippen LogP contribution < -0.4 is 4.74 Å². The molecule has 1 N–H and O–H groups in total. The third-order valence-electron chi connectivity index (χ3n) is 5.09. The molecule has 1 unspecified atom stereocenters. The van der Waals surface area contributed by atoms with Crippen LogP contribution in [0.1, 0.15) is 11.1 Å². The Kier molecular flexibility index (Phi) is 6.04. The molecule has 2 aromatic carbocycles. The van der Waals surface area contributed by atoms with Crippen LogP contribution >= 0.6 is 11.6 Å². The number of carbonyl (C=O) groups is 2. The molecule has 178 valence electrons. The number of nitro benzene ring substituents is 1. The van der Waals surface area contributed by atoms with Gasteiger partial charge in [-0.05, 0) is 29.3 Å². The SMILES string of the molecule is O=C(Oc1ccc([N+](=O)[O-])cc1)OC1Cc2cc(Cl)c3[nH]ncc3c2CN(CC(F)(F)F)C1=O. The number of ether oxygens (including phenoxy) is 2. The van der Waals surface area contributed by atoms with Crippen molar-refractivity contribution in [3.8, 4) is 5.75 Å². The smallest absolute Gasteiger partial charge is 0.420 e. The number of hydrogen-bond donors (Lipinski definition) is 1. The lowest BCUT2D eigenvalue weighted by atomic mass is 9.99. The lowest BCUT2D eigenvalue weighted by Crippen LogP contribution is -2.44. The molecule has 0 saturated heterocycles. The number of non-ortho nitro benzene ring substituents is 1. The molecule has 1 amide bonds. The number of nitro groups is 1. The Hall–Kier alpha value is -3.87. The fourth-order valence-electron chi connectivity index (χ4n) is 3.63. The van der Waals surface area contributed by atoms with Crippen molar-refractivity contribution in [2.24, 2.45) is 0 Å². The molecule has 0 spiro atoms. The van der Waals surface area contributed by atoms with E-state index in [1.807, 2.05) is 0 Å². The maximum atomic E-state index is 13.2. The molecule has 3 aromatic rings. The van der Waals surface area contributed by atoms with E-state index in [1.165, 1.54) is 12.3 Å². The second kappa shape index (κ2) is 8.82. The highest BCUT2D eigenvalue weighted by molar-refractivity contribution is 6.35. The van der Waals surface area contributed by atoms with Gasteiger partial charge in [0, 0.05) is 30.5 Å². The monoisotopic (exact) mass is 498 g/mol. The molecule has 34 heavy (non-hydrogen) atoms. The fraction of sp³-hybridized carbons (Fsp3) is 0.250. The van der Waals surface area contributed by atoms with Gasteiger partial charge in [-0.2, -0.15) is 18.3 Å². The van der Waals surface area contributed by atoms with Crippen molar-refractivity contribution in [3.63, 3.8) is 0 Å². The number of nitrogens with zero attached hydrogens (tertiary/aromatic N) is 3. The minimum Gasteiger partial charge on any atom is -0.420 e. The second-order valence-corrected chi connectivity index (χ2v) is 7.79. The first-order valence-corrected chi connectivity index (χ1v) is 10.0. The normalized spacial score (nSPS) is 16.2. The van der Waals surface area contributed by atoms with E-state index in [1.54, 1.807) is 0 Å². The van der Waals surface area contributed by atoms with E-state index in [0.29, 0.717) is 26.9 Å². The van der Waals surface area contributed by atoms with Crippen LogP contribution in [-0.2, 0) is 22.5 Å². The summed E-state index contributed by atoms with van der Waals surface area (Å²) < 4.78 is 49.6. The maximum absolute atomic E-state index is 13.2. The summed E-state index contributed by atoms with van der Waals surface area (Å²) in [7, 11) is 0. The number of fused-ring (bicyclic) bond motifs is 3. The van der Waals surface area contributed by atoms with E-state index in [4.69, 9.17) is 21.1 Å². The number of halogens is 4. The number of H-pyrrole nitrogens is 1. The first-order valence-electron chi connectivity index (χ1n) is 9.63. The molecule has 0 radical (unpaired) electrons. The Bertz CT molecular complexity index is 1280. The van der Waals surface area contributed by atoms with Crippen LogP contribution in [0.15, 0.2) is 36.5 Å². The summed E-state index contributed by atoms with van der Waals surface area (Å²) in [5, 5.41) is 17.9. The van der Waals surface area contributed by atoms with Gasteiger partial charge in [0.05, 0.1) is 21.7 Å². The molecule has 1 aliphatic heterocycles. The van der Waals surface area contributed by atoms with Crippen LogP contribution in [0.2, 0.25) is 5.02 Å². The Labute approximate surface area is 193 Å². The number of nitrogens with one attached hydrogen (secondary N) is 1. The quantitative estimate of drug-likeness (QED) is 0.247. The van der Waals surface area contributed by atoms with Crippen LogP contribution in [-0.4, -0.2) is 50.9 Å². The molecular weight excluding hydrogens is 485 g/mol. The Morgan fingerprint density at radius 2 is 2.03 bits per heavy atom. The zero-order chi connectivity index (χ0) is 24.6. The molecule has 0 bridgehead atoms. The minimum absolute atomic E-state index is 0.118. The molecule has 2 heterocycles. The highest BCUT2D eigenvalue weighted by atomic mass is 35.5. The van der Waals surface area contributed by atoms with Gasteiger partial charge in [-0.1, -0.05) is 11.6 Å². The molecule has 0 saturated carbocycles. The van der Waals surface area contributed by atoms with Crippen LogP contribution in [0.3, 0.4) is 0 Å². The number of alkyl halides is 3. The Morgan fingerprint density at radius 3 is 2.68 bits per heavy atom. The topological polar surface area (TPSA) is 128 Å². The third kappa shape index (κ3) is 4.88. The minimum atomic E-state index is -4.70. The molecule has 10 nitrogen and oxygen atoms in total. The van der Waals surface area contributed by atoms with E-state index in [2.05, 4.69) is 10.2 Å². The molecule has 1 aromatic heterocycles. The van der Waals surface area contributed by atoms with E-state index in [-0.39, 0.29) is 22.9 Å². The van der Waals surface area contributed by atoms with Crippen LogP contribution in [0, 0.1) is 10.1 Å². The van der Waals surface area contributed by atoms with Gasteiger partial charge in [0.25, 0.3) is 11.6 Å². The van der Waals surface area contributed by atoms with Crippen molar-refractivity contribution in [2.45, 2.75) is 25.2 Å². The van der Waals surface area contributed by atoms with E-state index >= 15 is 0 Å². The molecule has 1 atom stereocenters. The van der Waals surface area contributed by atoms with Crippen molar-refractivity contribution < 1.29 is 37.2 Å². The predicted molar refractivity (Wildman–Crippen MR) is 110 cm³/mol. The molecule has 14 heteroatoms. The molecule has 4 rings (SSSR count). The lowest BCUT2D eigenvalue weighted by Gasteiger charge is -2.25. The van der Waals surface area contributed by atoms with Gasteiger partial charge in [-0.25, -0.2) is 4.79 Å². The summed E-state index contributed by atoms with van der Waals surface area (Å²) in [6.45, 7) is -1.97. The standard InChI is InChI=1S/C20H14ClF3N4O6/c21-15-5-10-6-16(34-19(30)33-12-3-1-11(2-4-12)28(31)32)18(29)27(9-20(22,23)24)8-14(10)13-7-25-26-17(13)15/h1-5,7,16H,6,8-9H2,(H,25,26).